The Kier molecular flexibility index (Phi) is 9.83. The summed E-state index contributed by atoms with van der Waals surface area (Å²) >= 11 is 0. The van der Waals surface area contributed by atoms with Crippen molar-refractivity contribution in [2.24, 2.45) is 5.92 Å². The van der Waals surface area contributed by atoms with Crippen molar-refractivity contribution in [2.75, 3.05) is 18.5 Å². The summed E-state index contributed by atoms with van der Waals surface area (Å²) in [4.78, 5) is 12.9. The van der Waals surface area contributed by atoms with E-state index in [1.54, 1.807) is 0 Å². The lowest BCUT2D eigenvalue weighted by Gasteiger charge is -2.17. The maximum Gasteiger partial charge on any atom is 0.227 e. The van der Waals surface area contributed by atoms with E-state index < -0.39 is 0 Å². The molecule has 1 atom stereocenters. The van der Waals surface area contributed by atoms with Crippen molar-refractivity contribution >= 4 is 11.6 Å². The van der Waals surface area contributed by atoms with Crippen LogP contribution < -0.4 is 19.5 Å². The number of hydrogen-bond acceptors (Lipinski definition) is 4. The number of carbonyl (C=O) groups is 1. The van der Waals surface area contributed by atoms with Gasteiger partial charge in [-0.1, -0.05) is 63.2 Å². The average molecular weight is 462 g/mol. The third-order valence-electron chi connectivity index (χ3n) is 5.31. The summed E-state index contributed by atoms with van der Waals surface area (Å²) in [6.07, 6.45) is 2.45. The number of benzene rings is 3. The van der Waals surface area contributed by atoms with Gasteiger partial charge in [0.15, 0.2) is 0 Å². The molecule has 0 heterocycles. The first-order valence-corrected chi connectivity index (χ1v) is 12.0. The van der Waals surface area contributed by atoms with Gasteiger partial charge in [-0.15, -0.1) is 0 Å². The first kappa shape index (κ1) is 25.2. The van der Waals surface area contributed by atoms with E-state index >= 15 is 0 Å². The maximum atomic E-state index is 12.9. The Bertz CT molecular complexity index is 1020. The topological polar surface area (TPSA) is 56.8 Å². The van der Waals surface area contributed by atoms with E-state index in [-0.39, 0.29) is 11.8 Å². The van der Waals surface area contributed by atoms with Crippen LogP contribution in [0.1, 0.15) is 44.7 Å². The van der Waals surface area contributed by atoms with Crippen LogP contribution in [0.4, 0.5) is 5.69 Å². The molecule has 1 amide bonds. The monoisotopic (exact) mass is 461 g/mol. The Hall–Kier alpha value is -3.47. The molecule has 0 aliphatic heterocycles. The predicted molar refractivity (Wildman–Crippen MR) is 137 cm³/mol. The van der Waals surface area contributed by atoms with Crippen molar-refractivity contribution in [2.45, 2.75) is 46.6 Å². The summed E-state index contributed by atoms with van der Waals surface area (Å²) in [5, 5.41) is 3.03. The molecule has 5 heteroatoms. The molecule has 0 saturated carbocycles. The molecule has 0 bridgehead atoms. The van der Waals surface area contributed by atoms with Crippen molar-refractivity contribution in [1.82, 2.24) is 0 Å². The van der Waals surface area contributed by atoms with Crippen molar-refractivity contribution in [3.05, 3.63) is 83.9 Å². The van der Waals surface area contributed by atoms with Gasteiger partial charge in [-0.05, 0) is 54.7 Å². The maximum absolute atomic E-state index is 12.9. The van der Waals surface area contributed by atoms with Crippen LogP contribution in [-0.4, -0.2) is 19.1 Å². The fourth-order valence-electron chi connectivity index (χ4n) is 3.41. The van der Waals surface area contributed by atoms with E-state index in [4.69, 9.17) is 14.2 Å². The molecular weight excluding hydrogens is 426 g/mol. The highest BCUT2D eigenvalue weighted by atomic mass is 16.5. The van der Waals surface area contributed by atoms with Crippen LogP contribution in [0.15, 0.2) is 72.8 Å². The fraction of sp³-hybridized carbons (Fsp3) is 0.345. The molecule has 0 aromatic heterocycles. The van der Waals surface area contributed by atoms with Crippen LogP contribution in [0.3, 0.4) is 0 Å². The van der Waals surface area contributed by atoms with Gasteiger partial charge in [0.05, 0.1) is 18.9 Å². The van der Waals surface area contributed by atoms with Crippen molar-refractivity contribution in [1.29, 1.82) is 0 Å². The fourth-order valence-corrected chi connectivity index (χ4v) is 3.41. The molecule has 1 N–H and O–H groups in total. The molecule has 0 aliphatic carbocycles. The Balaban J connectivity index is 1.56. The van der Waals surface area contributed by atoms with Gasteiger partial charge >= 0.3 is 0 Å². The standard InChI is InChI=1S/C29H35NO4/c1-4-17-32-26-15-16-27(28(20-26)33-18-5-2)30-29(31)22(3)19-23-11-13-25(14-12-23)34-21-24-9-7-6-8-10-24/h6-16,20,22H,4-5,17-19,21H2,1-3H3,(H,30,31)/t22-/m1/s1. The molecule has 0 spiro atoms. The number of ether oxygens (including phenoxy) is 3. The van der Waals surface area contributed by atoms with Gasteiger partial charge in [0.25, 0.3) is 0 Å². The van der Waals surface area contributed by atoms with Crippen molar-refractivity contribution in [3.8, 4) is 17.2 Å². The number of amides is 1. The van der Waals surface area contributed by atoms with E-state index in [1.807, 2.05) is 79.7 Å². The van der Waals surface area contributed by atoms with Gasteiger partial charge in [0.1, 0.15) is 23.9 Å². The third kappa shape index (κ3) is 7.84. The second-order valence-electron chi connectivity index (χ2n) is 8.37. The van der Waals surface area contributed by atoms with Crippen LogP contribution in [0.2, 0.25) is 0 Å². The summed E-state index contributed by atoms with van der Waals surface area (Å²) in [5.74, 6) is 1.94. The Labute approximate surface area is 203 Å². The van der Waals surface area contributed by atoms with E-state index in [1.165, 1.54) is 0 Å². The summed E-state index contributed by atoms with van der Waals surface area (Å²) in [7, 11) is 0. The van der Waals surface area contributed by atoms with Crippen molar-refractivity contribution < 1.29 is 19.0 Å². The highest BCUT2D eigenvalue weighted by Crippen LogP contribution is 2.30. The van der Waals surface area contributed by atoms with E-state index in [9.17, 15) is 4.79 Å². The molecule has 3 aromatic carbocycles. The lowest BCUT2D eigenvalue weighted by molar-refractivity contribution is -0.119. The number of hydrogen-bond donors (Lipinski definition) is 1. The van der Waals surface area contributed by atoms with Gasteiger partial charge in [-0.2, -0.15) is 0 Å². The molecule has 0 saturated heterocycles. The molecule has 3 aromatic rings. The van der Waals surface area contributed by atoms with Crippen molar-refractivity contribution in [3.63, 3.8) is 0 Å². The zero-order chi connectivity index (χ0) is 24.2. The van der Waals surface area contributed by atoms with Crippen LogP contribution in [-0.2, 0) is 17.8 Å². The normalized spacial score (nSPS) is 11.5. The molecule has 0 radical (unpaired) electrons. The predicted octanol–water partition coefficient (Wildman–Crippen LogP) is 6.66. The average Bonchev–Trinajstić information content (AvgIpc) is 2.87. The summed E-state index contributed by atoms with van der Waals surface area (Å²) in [6, 6.07) is 23.6. The van der Waals surface area contributed by atoms with E-state index in [0.717, 1.165) is 35.5 Å². The number of carbonyl (C=O) groups excluding carboxylic acids is 1. The minimum absolute atomic E-state index is 0.0482. The smallest absolute Gasteiger partial charge is 0.227 e. The number of rotatable bonds is 13. The van der Waals surface area contributed by atoms with E-state index in [2.05, 4.69) is 19.2 Å². The molecular formula is C29H35NO4. The van der Waals surface area contributed by atoms with Gasteiger partial charge < -0.3 is 19.5 Å². The highest BCUT2D eigenvalue weighted by molar-refractivity contribution is 5.94. The molecule has 34 heavy (non-hydrogen) atoms. The lowest BCUT2D eigenvalue weighted by atomic mass is 10.00. The first-order valence-electron chi connectivity index (χ1n) is 12.0. The lowest BCUT2D eigenvalue weighted by Crippen LogP contribution is -2.22. The molecule has 5 nitrogen and oxygen atoms in total. The minimum Gasteiger partial charge on any atom is -0.493 e. The molecule has 0 fully saturated rings. The third-order valence-corrected chi connectivity index (χ3v) is 5.31. The minimum atomic E-state index is -0.203. The Morgan fingerprint density at radius 3 is 2.18 bits per heavy atom. The molecule has 0 unspecified atom stereocenters. The Morgan fingerprint density at radius 1 is 0.794 bits per heavy atom. The van der Waals surface area contributed by atoms with Crippen LogP contribution in [0, 0.1) is 5.92 Å². The number of anilines is 1. The van der Waals surface area contributed by atoms with Gasteiger partial charge in [0, 0.05) is 12.0 Å². The summed E-state index contributed by atoms with van der Waals surface area (Å²) in [6.45, 7) is 7.80. The molecule has 0 aliphatic rings. The van der Waals surface area contributed by atoms with Crippen LogP contribution in [0.25, 0.3) is 0 Å². The SMILES string of the molecule is CCCOc1ccc(NC(=O)[C@H](C)Cc2ccc(OCc3ccccc3)cc2)c(OCCC)c1. The molecule has 3 rings (SSSR count). The summed E-state index contributed by atoms with van der Waals surface area (Å²) in [5.41, 5.74) is 2.88. The van der Waals surface area contributed by atoms with Crippen LogP contribution in [0.5, 0.6) is 17.2 Å². The number of nitrogens with one attached hydrogen (secondary N) is 1. The second kappa shape index (κ2) is 13.3. The zero-order valence-electron chi connectivity index (χ0n) is 20.4. The first-order chi connectivity index (χ1) is 16.6. The van der Waals surface area contributed by atoms with Gasteiger partial charge in [0.2, 0.25) is 5.91 Å². The van der Waals surface area contributed by atoms with Crippen LogP contribution >= 0.6 is 0 Å². The molecule has 180 valence electrons. The van der Waals surface area contributed by atoms with E-state index in [0.29, 0.717) is 37.7 Å². The zero-order valence-corrected chi connectivity index (χ0v) is 20.4. The second-order valence-corrected chi connectivity index (χ2v) is 8.37. The van der Waals surface area contributed by atoms with Gasteiger partial charge in [-0.3, -0.25) is 4.79 Å². The quantitative estimate of drug-likeness (QED) is 0.309. The highest BCUT2D eigenvalue weighted by Gasteiger charge is 2.17. The van der Waals surface area contributed by atoms with Gasteiger partial charge in [-0.25, -0.2) is 0 Å². The largest absolute Gasteiger partial charge is 0.493 e. The summed E-state index contributed by atoms with van der Waals surface area (Å²) < 4.78 is 17.4. The Morgan fingerprint density at radius 2 is 1.47 bits per heavy atom.